The van der Waals surface area contributed by atoms with Gasteiger partial charge in [-0.3, -0.25) is 4.79 Å². The number of nitrogens with zero attached hydrogens (tertiary/aromatic N) is 2. The van der Waals surface area contributed by atoms with E-state index >= 15 is 0 Å². The maximum Gasteiger partial charge on any atom is 0.253 e. The van der Waals surface area contributed by atoms with E-state index < -0.39 is 0 Å². The second kappa shape index (κ2) is 7.04. The quantitative estimate of drug-likeness (QED) is 0.824. The van der Waals surface area contributed by atoms with E-state index in [0.29, 0.717) is 13.1 Å². The van der Waals surface area contributed by atoms with E-state index in [1.165, 1.54) is 0 Å². The van der Waals surface area contributed by atoms with Crippen LogP contribution in [0.5, 0.6) is 5.75 Å². The van der Waals surface area contributed by atoms with E-state index in [1.807, 2.05) is 47.4 Å². The smallest absolute Gasteiger partial charge is 0.253 e. The average Bonchev–Trinajstić information content (AvgIpc) is 2.62. The van der Waals surface area contributed by atoms with Gasteiger partial charge in [-0.15, -0.1) is 0 Å². The molecule has 0 spiro atoms. The van der Waals surface area contributed by atoms with Crippen molar-refractivity contribution in [2.75, 3.05) is 38.2 Å². The summed E-state index contributed by atoms with van der Waals surface area (Å²) in [6.07, 6.45) is 0. The first kappa shape index (κ1) is 15.9. The monoisotopic (exact) mass is 374 g/mol. The molecule has 0 bridgehead atoms. The van der Waals surface area contributed by atoms with Gasteiger partial charge in [0.2, 0.25) is 0 Å². The van der Waals surface area contributed by atoms with Crippen LogP contribution in [-0.2, 0) is 0 Å². The molecule has 0 unspecified atom stereocenters. The number of rotatable bonds is 3. The van der Waals surface area contributed by atoms with Crippen LogP contribution < -0.4 is 9.64 Å². The number of halogens is 1. The highest BCUT2D eigenvalue weighted by atomic mass is 79.9. The highest BCUT2D eigenvalue weighted by molar-refractivity contribution is 9.10. The molecule has 0 aliphatic carbocycles. The molecule has 0 N–H and O–H groups in total. The maximum absolute atomic E-state index is 12.5. The van der Waals surface area contributed by atoms with Crippen molar-refractivity contribution in [2.45, 2.75) is 0 Å². The third-order valence-corrected chi connectivity index (χ3v) is 4.61. The van der Waals surface area contributed by atoms with Gasteiger partial charge >= 0.3 is 0 Å². The summed E-state index contributed by atoms with van der Waals surface area (Å²) in [5, 5.41) is 0. The number of anilines is 1. The minimum absolute atomic E-state index is 0.0946. The molecule has 1 fully saturated rings. The number of carbonyl (C=O) groups is 1. The van der Waals surface area contributed by atoms with Crippen LogP contribution >= 0.6 is 15.9 Å². The fourth-order valence-corrected chi connectivity index (χ4v) is 3.08. The van der Waals surface area contributed by atoms with E-state index in [9.17, 15) is 4.79 Å². The molecular formula is C18H19BrN2O2. The van der Waals surface area contributed by atoms with E-state index in [1.54, 1.807) is 7.11 Å². The van der Waals surface area contributed by atoms with Crippen LogP contribution in [0.3, 0.4) is 0 Å². The minimum atomic E-state index is 0.0946. The molecule has 1 aliphatic rings. The molecule has 5 heteroatoms. The number of piperazine rings is 1. The number of ether oxygens (including phenoxy) is 1. The van der Waals surface area contributed by atoms with Gasteiger partial charge in [-0.05, 0) is 36.4 Å². The lowest BCUT2D eigenvalue weighted by Gasteiger charge is -2.36. The summed E-state index contributed by atoms with van der Waals surface area (Å²) < 4.78 is 6.41. The zero-order valence-corrected chi connectivity index (χ0v) is 14.6. The van der Waals surface area contributed by atoms with Gasteiger partial charge in [0, 0.05) is 36.2 Å². The molecule has 2 aromatic carbocycles. The fourth-order valence-electron chi connectivity index (χ4n) is 2.82. The normalized spacial score (nSPS) is 14.7. The average molecular weight is 375 g/mol. The summed E-state index contributed by atoms with van der Waals surface area (Å²) in [6, 6.07) is 15.5. The van der Waals surface area contributed by atoms with Crippen LogP contribution in [0.2, 0.25) is 0 Å². The molecule has 0 atom stereocenters. The summed E-state index contributed by atoms with van der Waals surface area (Å²) >= 11 is 3.39. The fraction of sp³-hybridized carbons (Fsp3) is 0.278. The van der Waals surface area contributed by atoms with Crippen molar-refractivity contribution >= 4 is 27.5 Å². The second-order valence-electron chi connectivity index (χ2n) is 5.46. The molecule has 1 aliphatic heterocycles. The Kier molecular flexibility index (Phi) is 4.86. The summed E-state index contributed by atoms with van der Waals surface area (Å²) in [7, 11) is 1.69. The van der Waals surface area contributed by atoms with Gasteiger partial charge in [0.1, 0.15) is 5.75 Å². The Hall–Kier alpha value is -2.01. The zero-order chi connectivity index (χ0) is 16.2. The largest absolute Gasteiger partial charge is 0.495 e. The number of carbonyl (C=O) groups excluding carboxylic acids is 1. The Morgan fingerprint density at radius 3 is 2.30 bits per heavy atom. The second-order valence-corrected chi connectivity index (χ2v) is 6.37. The molecule has 120 valence electrons. The molecule has 3 rings (SSSR count). The molecule has 1 heterocycles. The number of amides is 1. The highest BCUT2D eigenvalue weighted by Gasteiger charge is 2.23. The molecular weight excluding hydrogens is 356 g/mol. The third-order valence-electron chi connectivity index (χ3n) is 4.08. The van der Waals surface area contributed by atoms with Gasteiger partial charge in [0.05, 0.1) is 12.8 Å². The first-order valence-electron chi connectivity index (χ1n) is 7.62. The van der Waals surface area contributed by atoms with E-state index in [0.717, 1.165) is 34.6 Å². The van der Waals surface area contributed by atoms with Crippen molar-refractivity contribution in [1.82, 2.24) is 4.90 Å². The maximum atomic E-state index is 12.5. The Bertz CT molecular complexity index is 680. The lowest BCUT2D eigenvalue weighted by atomic mass is 10.1. The van der Waals surface area contributed by atoms with Crippen molar-refractivity contribution in [3.63, 3.8) is 0 Å². The summed E-state index contributed by atoms with van der Waals surface area (Å²) in [5.41, 5.74) is 1.82. The Morgan fingerprint density at radius 2 is 1.65 bits per heavy atom. The van der Waals surface area contributed by atoms with E-state index in [-0.39, 0.29) is 5.91 Å². The molecule has 0 aromatic heterocycles. The molecule has 1 amide bonds. The molecule has 1 saturated heterocycles. The van der Waals surface area contributed by atoms with Crippen molar-refractivity contribution in [3.05, 3.63) is 58.6 Å². The Labute approximate surface area is 144 Å². The van der Waals surface area contributed by atoms with Crippen molar-refractivity contribution in [2.24, 2.45) is 0 Å². The molecule has 4 nitrogen and oxygen atoms in total. The Morgan fingerprint density at radius 1 is 1.00 bits per heavy atom. The number of para-hydroxylation sites is 2. The molecule has 23 heavy (non-hydrogen) atoms. The van der Waals surface area contributed by atoms with Crippen LogP contribution in [0.1, 0.15) is 10.4 Å². The van der Waals surface area contributed by atoms with Crippen LogP contribution in [0.15, 0.2) is 53.0 Å². The number of hydrogen-bond donors (Lipinski definition) is 0. The summed E-state index contributed by atoms with van der Waals surface area (Å²) in [4.78, 5) is 16.7. The lowest BCUT2D eigenvalue weighted by Crippen LogP contribution is -2.48. The van der Waals surface area contributed by atoms with E-state index in [4.69, 9.17) is 4.74 Å². The van der Waals surface area contributed by atoms with Crippen molar-refractivity contribution in [3.8, 4) is 5.75 Å². The summed E-state index contributed by atoms with van der Waals surface area (Å²) in [6.45, 7) is 3.05. The van der Waals surface area contributed by atoms with Gasteiger partial charge in [0.25, 0.3) is 5.91 Å². The van der Waals surface area contributed by atoms with Crippen molar-refractivity contribution in [1.29, 1.82) is 0 Å². The van der Waals surface area contributed by atoms with Gasteiger partial charge in [-0.1, -0.05) is 28.1 Å². The SMILES string of the molecule is COc1ccccc1N1CCN(C(=O)c2ccc(Br)cc2)CC1. The molecule has 0 saturated carbocycles. The van der Waals surface area contributed by atoms with Crippen LogP contribution in [0.4, 0.5) is 5.69 Å². The van der Waals surface area contributed by atoms with Crippen LogP contribution in [-0.4, -0.2) is 44.1 Å². The van der Waals surface area contributed by atoms with Gasteiger partial charge in [0.15, 0.2) is 0 Å². The van der Waals surface area contributed by atoms with Crippen LogP contribution in [0.25, 0.3) is 0 Å². The van der Waals surface area contributed by atoms with Gasteiger partial charge in [-0.25, -0.2) is 0 Å². The number of hydrogen-bond acceptors (Lipinski definition) is 3. The first-order valence-corrected chi connectivity index (χ1v) is 8.41. The standard InChI is InChI=1S/C18H19BrN2O2/c1-23-17-5-3-2-4-16(17)20-10-12-21(13-11-20)18(22)14-6-8-15(19)9-7-14/h2-9H,10-13H2,1H3. The first-order chi connectivity index (χ1) is 11.2. The van der Waals surface area contributed by atoms with Crippen molar-refractivity contribution < 1.29 is 9.53 Å². The topological polar surface area (TPSA) is 32.8 Å². The van der Waals surface area contributed by atoms with E-state index in [2.05, 4.69) is 26.9 Å². The van der Waals surface area contributed by atoms with Gasteiger partial charge in [-0.2, -0.15) is 0 Å². The van der Waals surface area contributed by atoms with Gasteiger partial charge < -0.3 is 14.5 Å². The minimum Gasteiger partial charge on any atom is -0.495 e. The molecule has 0 radical (unpaired) electrons. The number of benzene rings is 2. The van der Waals surface area contributed by atoms with Crippen LogP contribution in [0, 0.1) is 0 Å². The lowest BCUT2D eigenvalue weighted by molar-refractivity contribution is 0.0746. The Balaban J connectivity index is 1.66. The summed E-state index contributed by atoms with van der Waals surface area (Å²) in [5.74, 6) is 0.970. The number of methoxy groups -OCH3 is 1. The molecule has 2 aromatic rings. The third kappa shape index (κ3) is 3.50. The predicted molar refractivity (Wildman–Crippen MR) is 95.3 cm³/mol. The zero-order valence-electron chi connectivity index (χ0n) is 13.0. The highest BCUT2D eigenvalue weighted by Crippen LogP contribution is 2.28. The predicted octanol–water partition coefficient (Wildman–Crippen LogP) is 3.42.